The fourth-order valence-electron chi connectivity index (χ4n) is 3.69. The Morgan fingerprint density at radius 3 is 2.26 bits per heavy atom. The van der Waals surface area contributed by atoms with Crippen molar-refractivity contribution >= 4 is 50.2 Å². The van der Waals surface area contributed by atoms with E-state index in [1.807, 2.05) is 24.3 Å². The number of hydrogen-bond donors (Lipinski definition) is 1. The third-order valence-electron chi connectivity index (χ3n) is 5.42. The van der Waals surface area contributed by atoms with Crippen LogP contribution in [0.15, 0.2) is 90.3 Å². The highest BCUT2D eigenvalue weighted by Crippen LogP contribution is 2.28. The summed E-state index contributed by atoms with van der Waals surface area (Å²) in [7, 11) is -3.83. The second-order valence-corrected chi connectivity index (χ2v) is 10.6. The topological polar surface area (TPSA) is 89.8 Å². The third-order valence-corrected chi connectivity index (χ3v) is 7.55. The normalized spacial score (nSPS) is 11.6. The van der Waals surface area contributed by atoms with E-state index in [-0.39, 0.29) is 4.90 Å². The van der Waals surface area contributed by atoms with Crippen LogP contribution >= 0.6 is 23.2 Å². The van der Waals surface area contributed by atoms with E-state index in [2.05, 4.69) is 20.3 Å². The summed E-state index contributed by atoms with van der Waals surface area (Å²) in [5.41, 5.74) is 2.94. The molecular weight excluding hydrogens is 505 g/mol. The van der Waals surface area contributed by atoms with Gasteiger partial charge in [0.05, 0.1) is 9.92 Å². The molecule has 3 aromatic heterocycles. The molecule has 5 rings (SSSR count). The van der Waals surface area contributed by atoms with Gasteiger partial charge in [0.15, 0.2) is 5.65 Å². The van der Waals surface area contributed by atoms with Crippen LogP contribution in [-0.4, -0.2) is 27.3 Å². The second-order valence-electron chi connectivity index (χ2n) is 7.86. The Labute approximate surface area is 212 Å². The summed E-state index contributed by atoms with van der Waals surface area (Å²) in [4.78, 5) is 13.3. The minimum absolute atomic E-state index is 0.180. The Morgan fingerprint density at radius 2 is 1.54 bits per heavy atom. The Hall–Kier alpha value is -3.46. The molecule has 0 aliphatic carbocycles. The summed E-state index contributed by atoms with van der Waals surface area (Å²) in [5, 5.41) is 4.94. The van der Waals surface area contributed by atoms with Gasteiger partial charge in [-0.05, 0) is 47.0 Å². The molecule has 0 amide bonds. The summed E-state index contributed by atoms with van der Waals surface area (Å²) >= 11 is 12.1. The van der Waals surface area contributed by atoms with Crippen LogP contribution in [0.25, 0.3) is 11.0 Å². The van der Waals surface area contributed by atoms with E-state index >= 15 is 0 Å². The number of aromatic nitrogens is 4. The molecule has 0 aliphatic heterocycles. The first kappa shape index (κ1) is 23.3. The summed E-state index contributed by atoms with van der Waals surface area (Å²) < 4.78 is 27.8. The van der Waals surface area contributed by atoms with E-state index in [0.717, 1.165) is 16.7 Å². The first-order chi connectivity index (χ1) is 16.9. The van der Waals surface area contributed by atoms with Crippen molar-refractivity contribution in [3.63, 3.8) is 0 Å². The van der Waals surface area contributed by atoms with Crippen molar-refractivity contribution in [2.45, 2.75) is 17.9 Å². The smallest absolute Gasteiger partial charge is 0.269 e. The van der Waals surface area contributed by atoms with E-state index in [1.54, 1.807) is 55.0 Å². The van der Waals surface area contributed by atoms with Crippen LogP contribution in [0.4, 0.5) is 5.95 Å². The third kappa shape index (κ3) is 5.00. The van der Waals surface area contributed by atoms with Gasteiger partial charge < -0.3 is 5.32 Å². The molecule has 0 spiro atoms. The number of halogens is 2. The zero-order valence-electron chi connectivity index (χ0n) is 18.3. The Bertz CT molecular complexity index is 1590. The first-order valence-corrected chi connectivity index (χ1v) is 12.8. The minimum atomic E-state index is -3.83. The average molecular weight is 524 g/mol. The second kappa shape index (κ2) is 9.65. The quantitative estimate of drug-likeness (QED) is 0.299. The van der Waals surface area contributed by atoms with Gasteiger partial charge in [0.25, 0.3) is 10.0 Å². The first-order valence-electron chi connectivity index (χ1n) is 10.7. The number of hydrogen-bond acceptors (Lipinski definition) is 6. The molecule has 0 atom stereocenters. The number of anilines is 1. The molecule has 10 heteroatoms. The molecule has 0 saturated heterocycles. The van der Waals surface area contributed by atoms with Crippen molar-refractivity contribution in [3.8, 4) is 0 Å². The van der Waals surface area contributed by atoms with Gasteiger partial charge >= 0.3 is 0 Å². The van der Waals surface area contributed by atoms with Crippen LogP contribution < -0.4 is 5.32 Å². The van der Waals surface area contributed by atoms with Gasteiger partial charge in [-0.25, -0.2) is 27.3 Å². The van der Waals surface area contributed by atoms with Crippen LogP contribution in [0.3, 0.4) is 0 Å². The van der Waals surface area contributed by atoms with E-state index in [1.165, 1.54) is 10.2 Å². The lowest BCUT2D eigenvalue weighted by molar-refractivity contribution is 0.588. The van der Waals surface area contributed by atoms with Crippen LogP contribution in [0, 0.1) is 0 Å². The summed E-state index contributed by atoms with van der Waals surface area (Å²) in [6, 6.07) is 17.5. The molecule has 3 heterocycles. The molecular formula is C25H19Cl2N5O2S. The van der Waals surface area contributed by atoms with Gasteiger partial charge in [0, 0.05) is 48.2 Å². The molecule has 2 aromatic carbocycles. The van der Waals surface area contributed by atoms with E-state index in [0.29, 0.717) is 40.0 Å². The van der Waals surface area contributed by atoms with Gasteiger partial charge in [-0.15, -0.1) is 0 Å². The standard InChI is InChI=1S/C25H19Cl2N5O2S/c26-20-8-6-17(7-9-20)12-29-25-30-13-18(14-31-25)10-19-16-32(24-23(19)11-21(27)15-28-24)35(33,34)22-4-2-1-3-5-22/h1-9,11,13-16H,10,12H2,(H,29,30,31). The lowest BCUT2D eigenvalue weighted by atomic mass is 10.1. The van der Waals surface area contributed by atoms with Crippen LogP contribution in [0.2, 0.25) is 10.0 Å². The van der Waals surface area contributed by atoms with Gasteiger partial charge in [0.2, 0.25) is 5.95 Å². The van der Waals surface area contributed by atoms with Crippen molar-refractivity contribution in [2.24, 2.45) is 0 Å². The van der Waals surface area contributed by atoms with Crippen molar-refractivity contribution in [1.29, 1.82) is 0 Å². The van der Waals surface area contributed by atoms with Crippen LogP contribution in [-0.2, 0) is 23.0 Å². The maximum atomic E-state index is 13.3. The Kier molecular flexibility index (Phi) is 6.42. The number of benzene rings is 2. The zero-order chi connectivity index (χ0) is 24.4. The molecule has 0 bridgehead atoms. The number of rotatable bonds is 7. The van der Waals surface area contributed by atoms with Gasteiger partial charge in [-0.3, -0.25) is 0 Å². The summed E-state index contributed by atoms with van der Waals surface area (Å²) in [6.07, 6.45) is 6.86. The molecule has 35 heavy (non-hydrogen) atoms. The van der Waals surface area contributed by atoms with Gasteiger partial charge in [0.1, 0.15) is 0 Å². The molecule has 0 fully saturated rings. The molecule has 0 saturated carbocycles. The number of pyridine rings is 1. The number of nitrogens with zero attached hydrogens (tertiary/aromatic N) is 4. The summed E-state index contributed by atoms with van der Waals surface area (Å²) in [6.45, 7) is 0.561. The lowest BCUT2D eigenvalue weighted by Crippen LogP contribution is -2.12. The molecule has 7 nitrogen and oxygen atoms in total. The lowest BCUT2D eigenvalue weighted by Gasteiger charge is -2.06. The van der Waals surface area contributed by atoms with Crippen LogP contribution in [0.1, 0.15) is 16.7 Å². The molecule has 0 aliphatic rings. The maximum Gasteiger partial charge on any atom is 0.269 e. The van der Waals surface area contributed by atoms with Gasteiger partial charge in [-0.2, -0.15) is 0 Å². The Balaban J connectivity index is 1.41. The van der Waals surface area contributed by atoms with E-state index in [9.17, 15) is 8.42 Å². The Morgan fingerprint density at radius 1 is 0.829 bits per heavy atom. The van der Waals surface area contributed by atoms with Crippen LogP contribution in [0.5, 0.6) is 0 Å². The predicted octanol–water partition coefficient (Wildman–Crippen LogP) is 5.57. The average Bonchev–Trinajstić information content (AvgIpc) is 3.23. The highest BCUT2D eigenvalue weighted by atomic mass is 35.5. The fraction of sp³-hybridized carbons (Fsp3) is 0.0800. The van der Waals surface area contributed by atoms with E-state index in [4.69, 9.17) is 23.2 Å². The molecule has 0 radical (unpaired) electrons. The zero-order valence-corrected chi connectivity index (χ0v) is 20.6. The monoisotopic (exact) mass is 523 g/mol. The molecule has 0 unspecified atom stereocenters. The van der Waals surface area contributed by atoms with E-state index < -0.39 is 10.0 Å². The number of nitrogens with one attached hydrogen (secondary N) is 1. The number of fused-ring (bicyclic) bond motifs is 1. The van der Waals surface area contributed by atoms with Crippen molar-refractivity contribution in [2.75, 3.05) is 5.32 Å². The minimum Gasteiger partial charge on any atom is -0.350 e. The maximum absolute atomic E-state index is 13.3. The highest BCUT2D eigenvalue weighted by Gasteiger charge is 2.22. The summed E-state index contributed by atoms with van der Waals surface area (Å²) in [5.74, 6) is 0.488. The van der Waals surface area contributed by atoms with Gasteiger partial charge in [-0.1, -0.05) is 53.5 Å². The highest BCUT2D eigenvalue weighted by molar-refractivity contribution is 7.90. The molecule has 176 valence electrons. The van der Waals surface area contributed by atoms with Crippen molar-refractivity contribution < 1.29 is 8.42 Å². The SMILES string of the molecule is O=S(=O)(c1ccccc1)n1cc(Cc2cnc(NCc3ccc(Cl)cc3)nc2)c2cc(Cl)cnc21. The predicted molar refractivity (Wildman–Crippen MR) is 137 cm³/mol. The largest absolute Gasteiger partial charge is 0.350 e. The van der Waals surface area contributed by atoms with Crippen molar-refractivity contribution in [1.82, 2.24) is 18.9 Å². The fourth-order valence-corrected chi connectivity index (χ4v) is 5.34. The van der Waals surface area contributed by atoms with Crippen molar-refractivity contribution in [3.05, 3.63) is 112 Å². The molecule has 5 aromatic rings. The molecule has 1 N–H and O–H groups in total.